The zero-order valence-corrected chi connectivity index (χ0v) is 12.3. The molecule has 0 radical (unpaired) electrons. The van der Waals surface area contributed by atoms with Gasteiger partial charge in [0.1, 0.15) is 0 Å². The molecule has 0 bridgehead atoms. The van der Waals surface area contributed by atoms with E-state index >= 15 is 0 Å². The van der Waals surface area contributed by atoms with Crippen molar-refractivity contribution in [2.75, 3.05) is 0 Å². The van der Waals surface area contributed by atoms with Crippen LogP contribution in [0.4, 0.5) is 0 Å². The van der Waals surface area contributed by atoms with E-state index in [0.717, 1.165) is 5.69 Å². The predicted molar refractivity (Wildman–Crippen MR) is 76.4 cm³/mol. The second kappa shape index (κ2) is 5.25. The minimum atomic E-state index is -0.971. The molecule has 0 spiro atoms. The molecule has 20 heavy (non-hydrogen) atoms. The molecule has 0 saturated heterocycles. The molecule has 0 amide bonds. The number of carbonyl (C=O) groups is 1. The zero-order valence-electron chi connectivity index (χ0n) is 11.6. The maximum atomic E-state index is 10.9. The molecule has 1 heterocycles. The fourth-order valence-corrected chi connectivity index (χ4v) is 2.06. The summed E-state index contributed by atoms with van der Waals surface area (Å²) in [6.07, 6.45) is -0.215. The van der Waals surface area contributed by atoms with Crippen molar-refractivity contribution in [1.29, 1.82) is 0 Å². The smallest absolute Gasteiger partial charge is 0.309 e. The minimum absolute atomic E-state index is 0.0580. The van der Waals surface area contributed by atoms with E-state index in [0.29, 0.717) is 5.69 Å². The van der Waals surface area contributed by atoms with Crippen molar-refractivity contribution in [3.63, 3.8) is 0 Å². The third-order valence-electron chi connectivity index (χ3n) is 3.01. The van der Waals surface area contributed by atoms with Crippen LogP contribution in [0.1, 0.15) is 32.0 Å². The number of hydrogen-bond acceptors (Lipinski definition) is 3. The summed E-state index contributed by atoms with van der Waals surface area (Å²) in [5.41, 5.74) is 2.37. The lowest BCUT2D eigenvalue weighted by atomic mass is 9.87. The summed E-state index contributed by atoms with van der Waals surface area (Å²) in [4.78, 5) is 10.9. The second-order valence-electron chi connectivity index (χ2n) is 5.61. The highest BCUT2D eigenvalue weighted by Gasteiger charge is 2.17. The third-order valence-corrected chi connectivity index (χ3v) is 3.31. The topological polar surface area (TPSA) is 68.0 Å². The molecule has 1 aromatic heterocycles. The molecule has 0 atom stereocenters. The number of benzene rings is 1. The predicted octanol–water partition coefficient (Wildman–Crippen LogP) is 2.85. The third kappa shape index (κ3) is 2.99. The van der Waals surface area contributed by atoms with E-state index in [2.05, 4.69) is 31.1 Å². The van der Waals surface area contributed by atoms with E-state index < -0.39 is 5.97 Å². The normalized spacial score (nSPS) is 11.6. The van der Waals surface area contributed by atoms with Gasteiger partial charge in [-0.1, -0.05) is 49.7 Å². The number of hydrogen-bond donors (Lipinski definition) is 1. The molecule has 6 heteroatoms. The van der Waals surface area contributed by atoms with Crippen LogP contribution >= 0.6 is 11.6 Å². The molecule has 0 unspecified atom stereocenters. The monoisotopic (exact) mass is 293 g/mol. The molecular formula is C14H16ClN3O2. The quantitative estimate of drug-likeness (QED) is 0.945. The molecule has 2 aromatic rings. The first-order valence-electron chi connectivity index (χ1n) is 6.22. The van der Waals surface area contributed by atoms with Crippen LogP contribution in [-0.4, -0.2) is 26.1 Å². The van der Waals surface area contributed by atoms with Gasteiger partial charge < -0.3 is 5.11 Å². The highest BCUT2D eigenvalue weighted by atomic mass is 35.5. The van der Waals surface area contributed by atoms with Gasteiger partial charge in [0.05, 0.1) is 17.8 Å². The van der Waals surface area contributed by atoms with Gasteiger partial charge in [0.25, 0.3) is 0 Å². The van der Waals surface area contributed by atoms with Crippen LogP contribution in [0.3, 0.4) is 0 Å². The second-order valence-corrected chi connectivity index (χ2v) is 5.96. The molecule has 0 fully saturated rings. The lowest BCUT2D eigenvalue weighted by Gasteiger charge is -2.19. The summed E-state index contributed by atoms with van der Waals surface area (Å²) >= 11 is 5.89. The van der Waals surface area contributed by atoms with Crippen molar-refractivity contribution in [3.8, 4) is 5.69 Å². The van der Waals surface area contributed by atoms with Crippen LogP contribution in [-0.2, 0) is 16.6 Å². The molecule has 2 rings (SSSR count). The molecular weight excluding hydrogens is 278 g/mol. The van der Waals surface area contributed by atoms with Gasteiger partial charge in [0.2, 0.25) is 0 Å². The van der Waals surface area contributed by atoms with Crippen molar-refractivity contribution in [1.82, 2.24) is 15.0 Å². The molecule has 0 aliphatic carbocycles. The van der Waals surface area contributed by atoms with E-state index in [1.807, 2.05) is 24.3 Å². The Balaban J connectivity index is 2.40. The number of nitrogens with zero attached hydrogens (tertiary/aromatic N) is 3. The van der Waals surface area contributed by atoms with E-state index in [4.69, 9.17) is 16.7 Å². The van der Waals surface area contributed by atoms with Gasteiger partial charge in [-0.2, -0.15) is 0 Å². The van der Waals surface area contributed by atoms with E-state index in [1.54, 1.807) is 0 Å². The maximum Gasteiger partial charge on any atom is 0.309 e. The molecule has 106 valence electrons. The van der Waals surface area contributed by atoms with Crippen LogP contribution in [0.5, 0.6) is 0 Å². The first kappa shape index (κ1) is 14.5. The standard InChI is InChI=1S/C14H16ClN3O2/c1-14(2,3)9-4-6-10(7-5-9)18-11(8-12(19)20)13(15)16-17-18/h4-7H,8H2,1-3H3,(H,19,20). The number of aromatic nitrogens is 3. The van der Waals surface area contributed by atoms with E-state index in [-0.39, 0.29) is 17.0 Å². The summed E-state index contributed by atoms with van der Waals surface area (Å²) in [7, 11) is 0. The van der Waals surface area contributed by atoms with Crippen LogP contribution in [0.25, 0.3) is 5.69 Å². The van der Waals surface area contributed by atoms with Gasteiger partial charge in [-0.25, -0.2) is 4.68 Å². The van der Waals surface area contributed by atoms with Crippen molar-refractivity contribution in [2.45, 2.75) is 32.6 Å². The average molecular weight is 294 g/mol. The van der Waals surface area contributed by atoms with Gasteiger partial charge in [0, 0.05) is 0 Å². The molecule has 0 aliphatic rings. The Morgan fingerprint density at radius 2 is 1.90 bits per heavy atom. The van der Waals surface area contributed by atoms with Crippen LogP contribution in [0.15, 0.2) is 24.3 Å². The van der Waals surface area contributed by atoms with Gasteiger partial charge in [-0.05, 0) is 23.1 Å². The van der Waals surface area contributed by atoms with Gasteiger partial charge >= 0.3 is 5.97 Å². The number of rotatable bonds is 3. The first-order valence-corrected chi connectivity index (χ1v) is 6.59. The maximum absolute atomic E-state index is 10.9. The SMILES string of the molecule is CC(C)(C)c1ccc(-n2nnc(Cl)c2CC(=O)O)cc1. The summed E-state index contributed by atoms with van der Waals surface area (Å²) < 4.78 is 1.46. The molecule has 1 aromatic carbocycles. The van der Waals surface area contributed by atoms with Crippen LogP contribution in [0, 0.1) is 0 Å². The van der Waals surface area contributed by atoms with Crippen molar-refractivity contribution >= 4 is 17.6 Å². The fourth-order valence-electron chi connectivity index (χ4n) is 1.88. The summed E-state index contributed by atoms with van der Waals surface area (Å²) in [6.45, 7) is 6.39. The lowest BCUT2D eigenvalue weighted by molar-refractivity contribution is -0.136. The van der Waals surface area contributed by atoms with Gasteiger partial charge in [0.15, 0.2) is 5.15 Å². The van der Waals surface area contributed by atoms with Crippen molar-refractivity contribution in [2.24, 2.45) is 0 Å². The Kier molecular flexibility index (Phi) is 3.81. The Labute approximate surface area is 122 Å². The number of halogens is 1. The Morgan fingerprint density at radius 3 is 2.40 bits per heavy atom. The highest BCUT2D eigenvalue weighted by molar-refractivity contribution is 6.30. The summed E-state index contributed by atoms with van der Waals surface area (Å²) in [6, 6.07) is 7.76. The highest BCUT2D eigenvalue weighted by Crippen LogP contribution is 2.24. The lowest BCUT2D eigenvalue weighted by Crippen LogP contribution is -2.12. The van der Waals surface area contributed by atoms with Crippen molar-refractivity contribution < 1.29 is 9.90 Å². The van der Waals surface area contributed by atoms with Crippen LogP contribution < -0.4 is 0 Å². The molecule has 0 saturated carbocycles. The van der Waals surface area contributed by atoms with Gasteiger partial charge in [-0.15, -0.1) is 5.10 Å². The molecule has 0 aliphatic heterocycles. The minimum Gasteiger partial charge on any atom is -0.481 e. The molecule has 5 nitrogen and oxygen atoms in total. The summed E-state index contributed by atoms with van der Waals surface area (Å²) in [5.74, 6) is -0.971. The van der Waals surface area contributed by atoms with E-state index in [1.165, 1.54) is 10.2 Å². The summed E-state index contributed by atoms with van der Waals surface area (Å²) in [5, 5.41) is 16.7. The largest absolute Gasteiger partial charge is 0.481 e. The number of aliphatic carboxylic acids is 1. The zero-order chi connectivity index (χ0) is 14.9. The van der Waals surface area contributed by atoms with Crippen molar-refractivity contribution in [3.05, 3.63) is 40.7 Å². The number of carboxylic acid groups (broad SMARTS) is 1. The fraction of sp³-hybridized carbons (Fsp3) is 0.357. The van der Waals surface area contributed by atoms with E-state index in [9.17, 15) is 4.79 Å². The van der Waals surface area contributed by atoms with Gasteiger partial charge in [-0.3, -0.25) is 4.79 Å². The Morgan fingerprint density at radius 1 is 1.30 bits per heavy atom. The Hall–Kier alpha value is -1.88. The Bertz CT molecular complexity index is 627. The first-order chi connectivity index (χ1) is 9.29. The van der Waals surface area contributed by atoms with Crippen LogP contribution in [0.2, 0.25) is 5.15 Å². The molecule has 1 N–H and O–H groups in total. The number of carboxylic acids is 1. The average Bonchev–Trinajstić information content (AvgIpc) is 2.70.